The average Bonchev–Trinajstić information content (AvgIpc) is 2.61. The fraction of sp³-hybridized carbons (Fsp3) is 0.412. The van der Waals surface area contributed by atoms with E-state index in [4.69, 9.17) is 21.1 Å². The molecular formula is C17H21ClN4O2. The SMILES string of the molecule is Clc1cncc(NCc2cccc(OCCN3CCOCC3)c2)n1. The highest BCUT2D eigenvalue weighted by atomic mass is 35.5. The van der Waals surface area contributed by atoms with Crippen LogP contribution in [0.5, 0.6) is 5.75 Å². The molecule has 3 rings (SSSR count). The van der Waals surface area contributed by atoms with Crippen molar-refractivity contribution in [3.8, 4) is 5.75 Å². The lowest BCUT2D eigenvalue weighted by Gasteiger charge is -2.26. The van der Waals surface area contributed by atoms with Crippen LogP contribution in [-0.2, 0) is 11.3 Å². The van der Waals surface area contributed by atoms with Crippen LogP contribution in [0.15, 0.2) is 36.7 Å². The van der Waals surface area contributed by atoms with E-state index in [0.717, 1.165) is 44.2 Å². The smallest absolute Gasteiger partial charge is 0.149 e. The Morgan fingerprint density at radius 3 is 2.96 bits per heavy atom. The Morgan fingerprint density at radius 2 is 2.12 bits per heavy atom. The van der Waals surface area contributed by atoms with Crippen molar-refractivity contribution in [2.75, 3.05) is 44.8 Å². The zero-order chi connectivity index (χ0) is 16.6. The van der Waals surface area contributed by atoms with Gasteiger partial charge in [-0.1, -0.05) is 23.7 Å². The summed E-state index contributed by atoms with van der Waals surface area (Å²) in [6.07, 6.45) is 3.16. The van der Waals surface area contributed by atoms with Gasteiger partial charge in [-0.05, 0) is 17.7 Å². The van der Waals surface area contributed by atoms with Crippen LogP contribution in [0.4, 0.5) is 5.82 Å². The van der Waals surface area contributed by atoms with Gasteiger partial charge in [0.2, 0.25) is 0 Å². The van der Waals surface area contributed by atoms with Crippen molar-refractivity contribution in [3.63, 3.8) is 0 Å². The van der Waals surface area contributed by atoms with E-state index >= 15 is 0 Å². The lowest BCUT2D eigenvalue weighted by Crippen LogP contribution is -2.38. The van der Waals surface area contributed by atoms with Gasteiger partial charge in [-0.15, -0.1) is 0 Å². The molecule has 1 aliphatic rings. The van der Waals surface area contributed by atoms with Crippen molar-refractivity contribution in [1.29, 1.82) is 0 Å². The van der Waals surface area contributed by atoms with Crippen LogP contribution >= 0.6 is 11.6 Å². The van der Waals surface area contributed by atoms with Gasteiger partial charge in [0.1, 0.15) is 23.3 Å². The minimum absolute atomic E-state index is 0.375. The maximum absolute atomic E-state index is 5.86. The minimum atomic E-state index is 0.375. The molecule has 1 fully saturated rings. The molecule has 1 aromatic carbocycles. The number of hydrogen-bond donors (Lipinski definition) is 1. The Morgan fingerprint density at radius 1 is 1.25 bits per heavy atom. The quantitative estimate of drug-likeness (QED) is 0.829. The molecule has 0 amide bonds. The molecule has 0 saturated carbocycles. The van der Waals surface area contributed by atoms with Gasteiger partial charge in [-0.2, -0.15) is 0 Å². The van der Waals surface area contributed by atoms with Crippen molar-refractivity contribution >= 4 is 17.4 Å². The summed E-state index contributed by atoms with van der Waals surface area (Å²) in [5.74, 6) is 1.53. The highest BCUT2D eigenvalue weighted by Gasteiger charge is 2.09. The number of nitrogens with zero attached hydrogens (tertiary/aromatic N) is 3. The molecular weight excluding hydrogens is 328 g/mol. The molecule has 1 N–H and O–H groups in total. The zero-order valence-corrected chi connectivity index (χ0v) is 14.2. The zero-order valence-electron chi connectivity index (χ0n) is 13.4. The van der Waals surface area contributed by atoms with Gasteiger partial charge in [-0.25, -0.2) is 4.98 Å². The number of hydrogen-bond acceptors (Lipinski definition) is 6. The molecule has 0 spiro atoms. The van der Waals surface area contributed by atoms with E-state index in [1.807, 2.05) is 24.3 Å². The second kappa shape index (κ2) is 8.82. The predicted octanol–water partition coefficient (Wildman–Crippen LogP) is 2.45. The van der Waals surface area contributed by atoms with Crippen LogP contribution in [0, 0.1) is 0 Å². The van der Waals surface area contributed by atoms with Crippen molar-refractivity contribution in [2.45, 2.75) is 6.54 Å². The van der Waals surface area contributed by atoms with Crippen LogP contribution in [0.2, 0.25) is 5.15 Å². The van der Waals surface area contributed by atoms with Crippen molar-refractivity contribution in [3.05, 3.63) is 47.4 Å². The van der Waals surface area contributed by atoms with Crippen LogP contribution < -0.4 is 10.1 Å². The molecule has 1 saturated heterocycles. The van der Waals surface area contributed by atoms with E-state index in [9.17, 15) is 0 Å². The number of anilines is 1. The van der Waals surface area contributed by atoms with E-state index < -0.39 is 0 Å². The summed E-state index contributed by atoms with van der Waals surface area (Å²) < 4.78 is 11.2. The second-order valence-electron chi connectivity index (χ2n) is 5.53. The molecule has 0 atom stereocenters. The molecule has 24 heavy (non-hydrogen) atoms. The second-order valence-corrected chi connectivity index (χ2v) is 5.92. The molecule has 128 valence electrons. The Balaban J connectivity index is 1.46. The topological polar surface area (TPSA) is 59.5 Å². The molecule has 6 nitrogen and oxygen atoms in total. The highest BCUT2D eigenvalue weighted by molar-refractivity contribution is 6.29. The van der Waals surface area contributed by atoms with Gasteiger partial charge in [-0.3, -0.25) is 9.88 Å². The Labute approximate surface area is 146 Å². The number of benzene rings is 1. The van der Waals surface area contributed by atoms with Crippen LogP contribution in [0.25, 0.3) is 0 Å². The average molecular weight is 349 g/mol. The van der Waals surface area contributed by atoms with Gasteiger partial charge < -0.3 is 14.8 Å². The van der Waals surface area contributed by atoms with E-state index in [1.54, 1.807) is 6.20 Å². The third-order valence-corrected chi connectivity index (χ3v) is 3.94. The number of nitrogens with one attached hydrogen (secondary N) is 1. The van der Waals surface area contributed by atoms with Gasteiger partial charge in [0.15, 0.2) is 0 Å². The van der Waals surface area contributed by atoms with Crippen LogP contribution in [-0.4, -0.2) is 54.3 Å². The molecule has 7 heteroatoms. The molecule has 2 aromatic rings. The molecule has 0 unspecified atom stereocenters. The van der Waals surface area contributed by atoms with E-state index in [1.165, 1.54) is 6.20 Å². The maximum Gasteiger partial charge on any atom is 0.149 e. The van der Waals surface area contributed by atoms with Gasteiger partial charge in [0.25, 0.3) is 0 Å². The standard InChI is InChI=1S/C17H21ClN4O2/c18-16-12-19-13-17(21-16)20-11-14-2-1-3-15(10-14)24-9-6-22-4-7-23-8-5-22/h1-3,10,12-13H,4-9,11H2,(H,20,21). The first-order chi connectivity index (χ1) is 11.8. The van der Waals surface area contributed by atoms with Crippen molar-refractivity contribution in [2.24, 2.45) is 0 Å². The third kappa shape index (κ3) is 5.33. The summed E-state index contributed by atoms with van der Waals surface area (Å²) in [6, 6.07) is 8.04. The first-order valence-corrected chi connectivity index (χ1v) is 8.41. The molecule has 0 radical (unpaired) electrons. The monoisotopic (exact) mass is 348 g/mol. The Bertz CT molecular complexity index is 650. The lowest BCUT2D eigenvalue weighted by atomic mass is 10.2. The number of halogens is 1. The molecule has 0 bridgehead atoms. The molecule has 1 aliphatic heterocycles. The molecule has 1 aromatic heterocycles. The summed E-state index contributed by atoms with van der Waals surface area (Å²) >= 11 is 5.83. The number of aromatic nitrogens is 2. The molecule has 2 heterocycles. The minimum Gasteiger partial charge on any atom is -0.492 e. The summed E-state index contributed by atoms with van der Waals surface area (Å²) in [5, 5.41) is 3.58. The van der Waals surface area contributed by atoms with Crippen LogP contribution in [0.3, 0.4) is 0 Å². The largest absolute Gasteiger partial charge is 0.492 e. The Hall–Kier alpha value is -1.89. The summed E-state index contributed by atoms with van der Waals surface area (Å²) in [4.78, 5) is 10.5. The predicted molar refractivity (Wildman–Crippen MR) is 93.6 cm³/mol. The fourth-order valence-electron chi connectivity index (χ4n) is 2.48. The first kappa shape index (κ1) is 17.0. The van der Waals surface area contributed by atoms with Crippen molar-refractivity contribution in [1.82, 2.24) is 14.9 Å². The summed E-state index contributed by atoms with van der Waals surface area (Å²) in [6.45, 7) is 5.82. The number of morpholine rings is 1. The Kier molecular flexibility index (Phi) is 6.23. The van der Waals surface area contributed by atoms with Gasteiger partial charge in [0.05, 0.1) is 25.6 Å². The van der Waals surface area contributed by atoms with Gasteiger partial charge in [0, 0.05) is 26.2 Å². The molecule has 0 aliphatic carbocycles. The number of ether oxygens (including phenoxy) is 2. The van der Waals surface area contributed by atoms with E-state index in [2.05, 4.69) is 20.2 Å². The van der Waals surface area contributed by atoms with E-state index in [-0.39, 0.29) is 0 Å². The highest BCUT2D eigenvalue weighted by Crippen LogP contribution is 2.15. The lowest BCUT2D eigenvalue weighted by molar-refractivity contribution is 0.0322. The summed E-state index contributed by atoms with van der Waals surface area (Å²) in [5.41, 5.74) is 1.11. The number of rotatable bonds is 7. The summed E-state index contributed by atoms with van der Waals surface area (Å²) in [7, 11) is 0. The maximum atomic E-state index is 5.86. The van der Waals surface area contributed by atoms with Gasteiger partial charge >= 0.3 is 0 Å². The normalized spacial score (nSPS) is 15.2. The van der Waals surface area contributed by atoms with Crippen LogP contribution in [0.1, 0.15) is 5.56 Å². The van der Waals surface area contributed by atoms with Crippen molar-refractivity contribution < 1.29 is 9.47 Å². The fourth-order valence-corrected chi connectivity index (χ4v) is 2.63. The first-order valence-electron chi connectivity index (χ1n) is 8.03. The third-order valence-electron chi connectivity index (χ3n) is 3.76. The van der Waals surface area contributed by atoms with E-state index in [0.29, 0.717) is 24.1 Å².